The maximum atomic E-state index is 2.48. The van der Waals surface area contributed by atoms with Gasteiger partial charge in [0.25, 0.3) is 0 Å². The smallest absolute Gasteiger partial charge is 0.0366 e. The van der Waals surface area contributed by atoms with Crippen LogP contribution in [0.15, 0.2) is 30.3 Å². The average molecular weight is 221 g/mol. The Hall–Kier alpha value is -0.980. The molecule has 1 aliphatic heterocycles. The molecule has 0 spiro atoms. The van der Waals surface area contributed by atoms with E-state index in [4.69, 9.17) is 0 Å². The molecule has 1 heterocycles. The molecule has 1 aromatic carbocycles. The summed E-state index contributed by atoms with van der Waals surface area (Å²) in [5, 5.41) is 0. The molecule has 0 unspecified atom stereocenters. The van der Waals surface area contributed by atoms with Gasteiger partial charge in [-0.15, -0.1) is 0 Å². The first kappa shape index (κ1) is 15.0. The molecule has 0 saturated carbocycles. The lowest BCUT2D eigenvalue weighted by Crippen LogP contribution is -2.29. The highest BCUT2D eigenvalue weighted by atomic mass is 15.1. The molecule has 1 saturated heterocycles. The van der Waals surface area contributed by atoms with Crippen molar-refractivity contribution in [1.82, 2.24) is 0 Å². The number of hydrogen-bond acceptors (Lipinski definition) is 1. The van der Waals surface area contributed by atoms with E-state index >= 15 is 0 Å². The molecule has 1 aromatic rings. The first-order valence-electron chi connectivity index (χ1n) is 6.77. The van der Waals surface area contributed by atoms with Crippen molar-refractivity contribution in [3.63, 3.8) is 0 Å². The third-order valence-corrected chi connectivity index (χ3v) is 2.48. The second kappa shape index (κ2) is 10.5. The quantitative estimate of drug-likeness (QED) is 0.662. The summed E-state index contributed by atoms with van der Waals surface area (Å²) in [6.45, 7) is 10.5. The zero-order valence-corrected chi connectivity index (χ0v) is 11.4. The molecule has 1 aliphatic rings. The lowest BCUT2D eigenvalue weighted by Gasteiger charge is -2.28. The molecule has 0 aliphatic carbocycles. The number of para-hydroxylation sites is 1. The second-order valence-electron chi connectivity index (χ2n) is 3.38. The first-order chi connectivity index (χ1) is 7.97. The van der Waals surface area contributed by atoms with Crippen molar-refractivity contribution in [3.8, 4) is 0 Å². The number of hydrogen-bond donors (Lipinski definition) is 0. The number of nitrogens with zero attached hydrogens (tertiary/aromatic N) is 1. The van der Waals surface area contributed by atoms with E-state index in [-0.39, 0.29) is 0 Å². The van der Waals surface area contributed by atoms with Crippen LogP contribution in [0.25, 0.3) is 0 Å². The molecule has 0 amide bonds. The highest BCUT2D eigenvalue weighted by Crippen LogP contribution is 2.18. The Bertz CT molecular complexity index is 224. The van der Waals surface area contributed by atoms with Crippen LogP contribution < -0.4 is 4.90 Å². The van der Waals surface area contributed by atoms with Gasteiger partial charge in [0.05, 0.1) is 0 Å². The first-order valence-corrected chi connectivity index (χ1v) is 6.77. The Labute approximate surface area is 101 Å². The van der Waals surface area contributed by atoms with Gasteiger partial charge >= 0.3 is 0 Å². The zero-order chi connectivity index (χ0) is 12.2. The van der Waals surface area contributed by atoms with Gasteiger partial charge in [-0.1, -0.05) is 45.9 Å². The number of rotatable bonds is 1. The summed E-state index contributed by atoms with van der Waals surface area (Å²) in [5.41, 5.74) is 1.39. The standard InChI is InChI=1S/C11H15N.2C2H6/c1-3-7-11(8-4-1)12-9-5-2-6-10-12;2*1-2/h1,3-4,7-8H,2,5-6,9-10H2;2*1-2H3. The minimum atomic E-state index is 1.24. The summed E-state index contributed by atoms with van der Waals surface area (Å²) in [6.07, 6.45) is 4.12. The topological polar surface area (TPSA) is 3.24 Å². The van der Waals surface area contributed by atoms with E-state index in [1.807, 2.05) is 27.7 Å². The lowest BCUT2D eigenvalue weighted by atomic mass is 10.1. The van der Waals surface area contributed by atoms with Gasteiger partial charge in [0.2, 0.25) is 0 Å². The van der Waals surface area contributed by atoms with Gasteiger partial charge in [0, 0.05) is 18.8 Å². The second-order valence-corrected chi connectivity index (χ2v) is 3.38. The van der Waals surface area contributed by atoms with E-state index in [1.165, 1.54) is 38.0 Å². The van der Waals surface area contributed by atoms with E-state index in [0.29, 0.717) is 0 Å². The molecule has 1 nitrogen and oxygen atoms in total. The van der Waals surface area contributed by atoms with Crippen LogP contribution in [-0.4, -0.2) is 13.1 Å². The van der Waals surface area contributed by atoms with Gasteiger partial charge in [-0.2, -0.15) is 0 Å². The predicted molar refractivity (Wildman–Crippen MR) is 75.2 cm³/mol. The molecule has 0 atom stereocenters. The molecule has 0 aromatic heterocycles. The molecule has 0 bridgehead atoms. The molecule has 2 rings (SSSR count). The Morgan fingerprint density at radius 2 is 1.25 bits per heavy atom. The van der Waals surface area contributed by atoms with Crippen molar-refractivity contribution in [2.24, 2.45) is 0 Å². The van der Waals surface area contributed by atoms with Crippen molar-refractivity contribution in [2.75, 3.05) is 18.0 Å². The Balaban J connectivity index is 0.000000509. The third kappa shape index (κ3) is 5.20. The summed E-state index contributed by atoms with van der Waals surface area (Å²) in [5.74, 6) is 0. The van der Waals surface area contributed by atoms with Crippen molar-refractivity contribution in [1.29, 1.82) is 0 Å². The van der Waals surface area contributed by atoms with Crippen LogP contribution in [0.4, 0.5) is 5.69 Å². The van der Waals surface area contributed by atoms with E-state index in [9.17, 15) is 0 Å². The molecule has 16 heavy (non-hydrogen) atoms. The predicted octanol–water partition coefficient (Wildman–Crippen LogP) is 4.73. The fourth-order valence-corrected chi connectivity index (χ4v) is 1.79. The third-order valence-electron chi connectivity index (χ3n) is 2.48. The van der Waals surface area contributed by atoms with Gasteiger partial charge in [0.15, 0.2) is 0 Å². The van der Waals surface area contributed by atoms with Crippen LogP contribution in [0, 0.1) is 0 Å². The molecule has 0 radical (unpaired) electrons. The number of piperidine rings is 1. The fraction of sp³-hybridized carbons (Fsp3) is 0.600. The largest absolute Gasteiger partial charge is 0.372 e. The SMILES string of the molecule is CC.CC.c1ccc(N2CCCCC2)cc1. The molecular formula is C15H27N. The van der Waals surface area contributed by atoms with Crippen LogP contribution in [0.2, 0.25) is 0 Å². The summed E-state index contributed by atoms with van der Waals surface area (Å²) in [4.78, 5) is 2.48. The Morgan fingerprint density at radius 3 is 1.75 bits per heavy atom. The van der Waals surface area contributed by atoms with Crippen LogP contribution in [0.3, 0.4) is 0 Å². The number of benzene rings is 1. The highest BCUT2D eigenvalue weighted by Gasteiger charge is 2.09. The van der Waals surface area contributed by atoms with Crippen molar-refractivity contribution in [3.05, 3.63) is 30.3 Å². The van der Waals surface area contributed by atoms with Crippen molar-refractivity contribution in [2.45, 2.75) is 47.0 Å². The molecule has 1 heteroatoms. The molecule has 92 valence electrons. The summed E-state index contributed by atoms with van der Waals surface area (Å²) >= 11 is 0. The van der Waals surface area contributed by atoms with E-state index in [0.717, 1.165) is 0 Å². The highest BCUT2D eigenvalue weighted by molar-refractivity contribution is 5.46. The minimum Gasteiger partial charge on any atom is -0.372 e. The van der Waals surface area contributed by atoms with Gasteiger partial charge in [0.1, 0.15) is 0 Å². The van der Waals surface area contributed by atoms with Gasteiger partial charge in [-0.05, 0) is 31.4 Å². The monoisotopic (exact) mass is 221 g/mol. The Morgan fingerprint density at radius 1 is 0.750 bits per heavy atom. The van der Waals surface area contributed by atoms with Gasteiger partial charge < -0.3 is 4.90 Å². The summed E-state index contributed by atoms with van der Waals surface area (Å²) in [6, 6.07) is 10.7. The number of anilines is 1. The van der Waals surface area contributed by atoms with Crippen LogP contribution in [0.5, 0.6) is 0 Å². The van der Waals surface area contributed by atoms with E-state index in [1.54, 1.807) is 0 Å². The van der Waals surface area contributed by atoms with Crippen LogP contribution >= 0.6 is 0 Å². The molecular weight excluding hydrogens is 194 g/mol. The molecule has 0 N–H and O–H groups in total. The van der Waals surface area contributed by atoms with Crippen molar-refractivity contribution < 1.29 is 0 Å². The van der Waals surface area contributed by atoms with Gasteiger partial charge in [-0.3, -0.25) is 0 Å². The normalized spacial score (nSPS) is 14.1. The van der Waals surface area contributed by atoms with Gasteiger partial charge in [-0.25, -0.2) is 0 Å². The lowest BCUT2D eigenvalue weighted by molar-refractivity contribution is 0.578. The maximum Gasteiger partial charge on any atom is 0.0366 e. The molecule has 1 fully saturated rings. The van der Waals surface area contributed by atoms with Crippen LogP contribution in [0.1, 0.15) is 47.0 Å². The van der Waals surface area contributed by atoms with Crippen molar-refractivity contribution >= 4 is 5.69 Å². The summed E-state index contributed by atoms with van der Waals surface area (Å²) < 4.78 is 0. The zero-order valence-electron chi connectivity index (χ0n) is 11.4. The average Bonchev–Trinajstić information content (AvgIpc) is 2.45. The van der Waals surface area contributed by atoms with E-state index in [2.05, 4.69) is 35.2 Å². The maximum absolute atomic E-state index is 2.48. The fourth-order valence-electron chi connectivity index (χ4n) is 1.79. The summed E-state index contributed by atoms with van der Waals surface area (Å²) in [7, 11) is 0. The van der Waals surface area contributed by atoms with E-state index < -0.39 is 0 Å². The van der Waals surface area contributed by atoms with Crippen LogP contribution in [-0.2, 0) is 0 Å². The minimum absolute atomic E-state index is 1.24. The Kier molecular flexibility index (Phi) is 9.89.